The number of carboxylic acids is 1. The van der Waals surface area contributed by atoms with Crippen LogP contribution in [-0.2, 0) is 13.1 Å². The third kappa shape index (κ3) is 4.94. The number of carbonyl (C=O) groups is 1. The van der Waals surface area contributed by atoms with Gasteiger partial charge in [0.25, 0.3) is 5.56 Å². The molecular weight excluding hydrogens is 483 g/mol. The van der Waals surface area contributed by atoms with E-state index >= 15 is 0 Å². The number of hydrogen-bond acceptors (Lipinski definition) is 6. The van der Waals surface area contributed by atoms with E-state index in [2.05, 4.69) is 15.3 Å². The summed E-state index contributed by atoms with van der Waals surface area (Å²) in [6, 6.07) is 9.51. The second-order valence-electron chi connectivity index (χ2n) is 7.58. The van der Waals surface area contributed by atoms with Crippen molar-refractivity contribution >= 4 is 17.6 Å². The van der Waals surface area contributed by atoms with Gasteiger partial charge in [0.15, 0.2) is 17.5 Å². The first-order chi connectivity index (χ1) is 17.1. The first-order valence-electron chi connectivity index (χ1n) is 10.3. The lowest BCUT2D eigenvalue weighted by Crippen LogP contribution is -2.43. The van der Waals surface area contributed by atoms with Gasteiger partial charge in [-0.05, 0) is 48.0 Å². The molecule has 184 valence electrons. The zero-order valence-corrected chi connectivity index (χ0v) is 18.2. The Labute approximate surface area is 198 Å². The van der Waals surface area contributed by atoms with Gasteiger partial charge in [-0.15, -0.1) is 0 Å². The van der Waals surface area contributed by atoms with Crippen LogP contribution in [0.15, 0.2) is 69.1 Å². The molecule has 0 saturated heterocycles. The Morgan fingerprint density at radius 2 is 1.64 bits per heavy atom. The van der Waals surface area contributed by atoms with Crippen LogP contribution in [0.4, 0.5) is 24.8 Å². The highest BCUT2D eigenvalue weighted by molar-refractivity contribution is 5.88. The minimum Gasteiger partial charge on any atom is -0.478 e. The van der Waals surface area contributed by atoms with E-state index in [1.807, 2.05) is 0 Å². The van der Waals surface area contributed by atoms with Gasteiger partial charge in [0.2, 0.25) is 5.95 Å². The number of aromatic carboxylic acids is 1. The summed E-state index contributed by atoms with van der Waals surface area (Å²) in [5, 5.41) is 11.7. The highest BCUT2D eigenvalue weighted by atomic mass is 19.2. The predicted molar refractivity (Wildman–Crippen MR) is 121 cm³/mol. The molecule has 36 heavy (non-hydrogen) atoms. The van der Waals surface area contributed by atoms with Gasteiger partial charge in [0, 0.05) is 17.4 Å². The molecule has 13 heteroatoms. The minimum absolute atomic E-state index is 0.0216. The summed E-state index contributed by atoms with van der Waals surface area (Å²) in [4.78, 5) is 55.4. The van der Waals surface area contributed by atoms with Gasteiger partial charge < -0.3 is 15.4 Å². The summed E-state index contributed by atoms with van der Waals surface area (Å²) in [6.07, 6.45) is 1.37. The molecule has 2 aromatic carbocycles. The Morgan fingerprint density at radius 3 is 2.25 bits per heavy atom. The average molecular weight is 499 g/mol. The molecule has 0 aliphatic heterocycles. The third-order valence-corrected chi connectivity index (χ3v) is 5.15. The molecular formula is C23H16F3N5O5. The van der Waals surface area contributed by atoms with Crippen molar-refractivity contribution in [3.8, 4) is 0 Å². The van der Waals surface area contributed by atoms with Crippen LogP contribution in [0.1, 0.15) is 21.5 Å². The van der Waals surface area contributed by atoms with Crippen LogP contribution in [-0.4, -0.2) is 30.2 Å². The molecule has 0 fully saturated rings. The summed E-state index contributed by atoms with van der Waals surface area (Å²) < 4.78 is 42.5. The Bertz CT molecular complexity index is 1620. The number of nitrogens with one attached hydrogen (secondary N) is 2. The van der Waals surface area contributed by atoms with Crippen LogP contribution >= 0.6 is 0 Å². The molecule has 4 rings (SSSR count). The first-order valence-corrected chi connectivity index (χ1v) is 10.3. The predicted octanol–water partition coefficient (Wildman–Crippen LogP) is 2.05. The molecule has 0 atom stereocenters. The Morgan fingerprint density at radius 1 is 0.972 bits per heavy atom. The van der Waals surface area contributed by atoms with E-state index < -0.39 is 53.4 Å². The quantitative estimate of drug-likeness (QED) is 0.331. The largest absolute Gasteiger partial charge is 0.478 e. The maximum Gasteiger partial charge on any atom is 0.355 e. The molecule has 0 aliphatic rings. The van der Waals surface area contributed by atoms with Gasteiger partial charge >= 0.3 is 17.3 Å². The molecule has 0 saturated carbocycles. The van der Waals surface area contributed by atoms with E-state index in [0.29, 0.717) is 16.7 Å². The van der Waals surface area contributed by atoms with Gasteiger partial charge in [0.1, 0.15) is 0 Å². The fourth-order valence-electron chi connectivity index (χ4n) is 3.36. The Hall–Kier alpha value is -4.94. The van der Waals surface area contributed by atoms with E-state index in [1.54, 1.807) is 0 Å². The number of halogens is 3. The third-order valence-electron chi connectivity index (χ3n) is 5.15. The molecule has 0 bridgehead atoms. The van der Waals surface area contributed by atoms with Crippen molar-refractivity contribution in [2.45, 2.75) is 13.1 Å². The highest BCUT2D eigenvalue weighted by Crippen LogP contribution is 2.18. The maximum atomic E-state index is 13.8. The van der Waals surface area contributed by atoms with Crippen molar-refractivity contribution in [1.82, 2.24) is 19.1 Å². The topological polar surface area (TPSA) is 139 Å². The Balaban J connectivity index is 1.82. The van der Waals surface area contributed by atoms with Crippen molar-refractivity contribution in [1.29, 1.82) is 0 Å². The molecule has 0 aliphatic carbocycles. The van der Waals surface area contributed by atoms with E-state index in [0.717, 1.165) is 4.57 Å². The molecule has 10 nitrogen and oxygen atoms in total. The van der Waals surface area contributed by atoms with Crippen molar-refractivity contribution in [2.24, 2.45) is 0 Å². The van der Waals surface area contributed by atoms with Crippen molar-refractivity contribution in [3.63, 3.8) is 0 Å². The second kappa shape index (κ2) is 9.74. The standard InChI is InChI=1S/C23H16F3N5O5/c24-16-8-12(9-17(25)18(16)26)10-30-21(28-15-5-3-13(4-6-15)20(33)34)29-22(35)31(23(30)36)11-14-2-1-7-27-19(14)32/h1-9H,10-11H2,(H,27,32)(H,33,34)(H,28,29,35). The van der Waals surface area contributed by atoms with Crippen LogP contribution in [0.25, 0.3) is 0 Å². The van der Waals surface area contributed by atoms with Crippen LogP contribution < -0.4 is 22.3 Å². The molecule has 4 aromatic rings. The summed E-state index contributed by atoms with van der Waals surface area (Å²) >= 11 is 0. The maximum absolute atomic E-state index is 13.8. The summed E-state index contributed by atoms with van der Waals surface area (Å²) in [6.45, 7) is -0.971. The number of benzene rings is 2. The first kappa shape index (κ1) is 24.2. The van der Waals surface area contributed by atoms with Crippen LogP contribution in [0.2, 0.25) is 0 Å². The molecule has 2 heterocycles. The fraction of sp³-hybridized carbons (Fsp3) is 0.0870. The van der Waals surface area contributed by atoms with Crippen LogP contribution in [0, 0.1) is 17.5 Å². The van der Waals surface area contributed by atoms with Crippen molar-refractivity contribution in [2.75, 3.05) is 5.32 Å². The number of aromatic nitrogens is 4. The van der Waals surface area contributed by atoms with Gasteiger partial charge in [0.05, 0.1) is 18.7 Å². The average Bonchev–Trinajstić information content (AvgIpc) is 2.84. The number of pyridine rings is 1. The van der Waals surface area contributed by atoms with Gasteiger partial charge in [-0.25, -0.2) is 32.1 Å². The number of aromatic amines is 1. The smallest absolute Gasteiger partial charge is 0.355 e. The number of anilines is 2. The SMILES string of the molecule is O=C(O)c1ccc(Nc2nc(=O)n(Cc3ccc[nH]c3=O)c(=O)n2Cc2cc(F)c(F)c(F)c2)cc1. The summed E-state index contributed by atoms with van der Waals surface area (Å²) in [5.74, 6) is -6.15. The van der Waals surface area contributed by atoms with Crippen molar-refractivity contribution in [3.05, 3.63) is 120 Å². The van der Waals surface area contributed by atoms with Gasteiger partial charge in [-0.3, -0.25) is 9.36 Å². The number of rotatable bonds is 7. The highest BCUT2D eigenvalue weighted by Gasteiger charge is 2.18. The van der Waals surface area contributed by atoms with E-state index in [9.17, 15) is 32.3 Å². The number of carboxylic acid groups (broad SMARTS) is 1. The van der Waals surface area contributed by atoms with E-state index in [4.69, 9.17) is 5.11 Å². The molecule has 0 radical (unpaired) electrons. The second-order valence-corrected chi connectivity index (χ2v) is 7.58. The van der Waals surface area contributed by atoms with Gasteiger partial charge in [-0.2, -0.15) is 4.98 Å². The number of H-pyrrole nitrogens is 1. The number of nitrogens with zero attached hydrogens (tertiary/aromatic N) is 3. The zero-order chi connectivity index (χ0) is 26.0. The lowest BCUT2D eigenvalue weighted by molar-refractivity contribution is 0.0697. The van der Waals surface area contributed by atoms with E-state index in [1.165, 1.54) is 42.6 Å². The molecule has 0 unspecified atom stereocenters. The summed E-state index contributed by atoms with van der Waals surface area (Å²) in [7, 11) is 0. The monoisotopic (exact) mass is 499 g/mol. The molecule has 3 N–H and O–H groups in total. The number of hydrogen-bond donors (Lipinski definition) is 3. The fourth-order valence-corrected chi connectivity index (χ4v) is 3.36. The van der Waals surface area contributed by atoms with Gasteiger partial charge in [-0.1, -0.05) is 6.07 Å². The molecule has 0 amide bonds. The Kier molecular flexibility index (Phi) is 6.54. The lowest BCUT2D eigenvalue weighted by atomic mass is 10.2. The van der Waals surface area contributed by atoms with E-state index in [-0.39, 0.29) is 28.3 Å². The molecule has 2 aromatic heterocycles. The normalized spacial score (nSPS) is 10.9. The lowest BCUT2D eigenvalue weighted by Gasteiger charge is -2.16. The zero-order valence-electron chi connectivity index (χ0n) is 18.2. The molecule has 0 spiro atoms. The van der Waals surface area contributed by atoms with Crippen LogP contribution in [0.5, 0.6) is 0 Å². The van der Waals surface area contributed by atoms with Crippen molar-refractivity contribution < 1.29 is 23.1 Å². The summed E-state index contributed by atoms with van der Waals surface area (Å²) in [5.41, 5.74) is -2.40. The minimum atomic E-state index is -1.69. The van der Waals surface area contributed by atoms with Crippen LogP contribution in [0.3, 0.4) is 0 Å².